The van der Waals surface area contributed by atoms with Crippen molar-refractivity contribution in [2.24, 2.45) is 0 Å². The second-order valence-corrected chi connectivity index (χ2v) is 2.98. The number of carbonyl (C=O) groups is 2. The van der Waals surface area contributed by atoms with Gasteiger partial charge < -0.3 is 4.42 Å². The quantitative estimate of drug-likeness (QED) is 0.718. The highest BCUT2D eigenvalue weighted by molar-refractivity contribution is 5.96. The third-order valence-electron chi connectivity index (χ3n) is 1.83. The molecule has 0 fully saturated rings. The maximum atomic E-state index is 11.5. The van der Waals surface area contributed by atoms with E-state index >= 15 is 0 Å². The second kappa shape index (κ2) is 4.88. The first-order chi connectivity index (χ1) is 8.27. The standard InChI is InChI=1S/C10H8N4O3/c15-9(7-6-11-3-4-12-7)13-14-10(16)8-2-1-5-17-8/h1-6H,(H,13,15)(H,14,16). The average molecular weight is 232 g/mol. The van der Waals surface area contributed by atoms with E-state index in [0.29, 0.717) is 0 Å². The van der Waals surface area contributed by atoms with Gasteiger partial charge in [-0.25, -0.2) is 4.98 Å². The summed E-state index contributed by atoms with van der Waals surface area (Å²) in [5.41, 5.74) is 4.47. The van der Waals surface area contributed by atoms with Crippen LogP contribution in [0.25, 0.3) is 0 Å². The molecular weight excluding hydrogens is 224 g/mol. The highest BCUT2D eigenvalue weighted by Gasteiger charge is 2.11. The number of nitrogens with one attached hydrogen (secondary N) is 2. The van der Waals surface area contributed by atoms with Gasteiger partial charge in [0.2, 0.25) is 0 Å². The van der Waals surface area contributed by atoms with Gasteiger partial charge in [-0.3, -0.25) is 25.4 Å². The normalized spacial score (nSPS) is 9.65. The first-order valence-electron chi connectivity index (χ1n) is 4.67. The second-order valence-electron chi connectivity index (χ2n) is 2.98. The van der Waals surface area contributed by atoms with E-state index in [1.165, 1.54) is 30.9 Å². The molecule has 0 radical (unpaired) electrons. The van der Waals surface area contributed by atoms with Gasteiger partial charge in [-0.05, 0) is 12.1 Å². The van der Waals surface area contributed by atoms with Crippen molar-refractivity contribution in [2.75, 3.05) is 0 Å². The molecule has 17 heavy (non-hydrogen) atoms. The Bertz CT molecular complexity index is 510. The summed E-state index contributed by atoms with van der Waals surface area (Å²) in [5.74, 6) is -1.00. The Hall–Kier alpha value is -2.70. The Balaban J connectivity index is 1.91. The minimum Gasteiger partial charge on any atom is -0.459 e. The molecule has 2 amide bonds. The molecule has 2 N–H and O–H groups in total. The smallest absolute Gasteiger partial charge is 0.305 e. The van der Waals surface area contributed by atoms with Crippen LogP contribution < -0.4 is 10.9 Å². The Labute approximate surface area is 95.8 Å². The monoisotopic (exact) mass is 232 g/mol. The molecule has 86 valence electrons. The van der Waals surface area contributed by atoms with Crippen LogP contribution in [0.5, 0.6) is 0 Å². The van der Waals surface area contributed by atoms with Gasteiger partial charge in [-0.1, -0.05) is 0 Å². The Kier molecular flexibility index (Phi) is 3.10. The summed E-state index contributed by atoms with van der Waals surface area (Å²) in [5, 5.41) is 0. The zero-order valence-electron chi connectivity index (χ0n) is 8.58. The molecule has 0 aliphatic rings. The van der Waals surface area contributed by atoms with Crippen molar-refractivity contribution >= 4 is 11.8 Å². The SMILES string of the molecule is O=C(NNC(=O)c1ccco1)c1cnccn1. The van der Waals surface area contributed by atoms with E-state index in [9.17, 15) is 9.59 Å². The lowest BCUT2D eigenvalue weighted by molar-refractivity contribution is 0.0828. The molecule has 0 saturated carbocycles. The lowest BCUT2D eigenvalue weighted by Gasteiger charge is -2.04. The van der Waals surface area contributed by atoms with Crippen LogP contribution in [0.15, 0.2) is 41.4 Å². The summed E-state index contributed by atoms with van der Waals surface area (Å²) in [6.07, 6.45) is 5.47. The van der Waals surface area contributed by atoms with E-state index in [2.05, 4.69) is 20.8 Å². The lowest BCUT2D eigenvalue weighted by atomic mass is 10.4. The third-order valence-corrected chi connectivity index (χ3v) is 1.83. The van der Waals surface area contributed by atoms with Crippen LogP contribution in [0.1, 0.15) is 21.0 Å². The Morgan fingerprint density at radius 1 is 1.18 bits per heavy atom. The van der Waals surface area contributed by atoms with E-state index in [1.807, 2.05) is 0 Å². The molecule has 2 aromatic heterocycles. The number of aromatic nitrogens is 2. The van der Waals surface area contributed by atoms with Gasteiger partial charge in [0.1, 0.15) is 5.69 Å². The Morgan fingerprint density at radius 3 is 2.65 bits per heavy atom. The zero-order chi connectivity index (χ0) is 12.1. The summed E-state index contributed by atoms with van der Waals surface area (Å²) < 4.78 is 4.84. The summed E-state index contributed by atoms with van der Waals surface area (Å²) >= 11 is 0. The molecule has 0 saturated heterocycles. The molecule has 7 nitrogen and oxygen atoms in total. The van der Waals surface area contributed by atoms with Crippen LogP contribution >= 0.6 is 0 Å². The topological polar surface area (TPSA) is 97.1 Å². The molecule has 0 bridgehead atoms. The number of hydrazine groups is 1. The van der Waals surface area contributed by atoms with Gasteiger partial charge in [-0.2, -0.15) is 0 Å². The van der Waals surface area contributed by atoms with Gasteiger partial charge in [0.25, 0.3) is 5.91 Å². The average Bonchev–Trinajstić information content (AvgIpc) is 2.90. The molecule has 0 aromatic carbocycles. The minimum absolute atomic E-state index is 0.101. The minimum atomic E-state index is -0.557. The van der Waals surface area contributed by atoms with Crippen molar-refractivity contribution in [3.8, 4) is 0 Å². The van der Waals surface area contributed by atoms with Gasteiger partial charge in [0.15, 0.2) is 5.76 Å². The zero-order valence-corrected chi connectivity index (χ0v) is 8.58. The first-order valence-corrected chi connectivity index (χ1v) is 4.67. The van der Waals surface area contributed by atoms with E-state index in [4.69, 9.17) is 4.42 Å². The van der Waals surface area contributed by atoms with E-state index < -0.39 is 11.8 Å². The number of nitrogens with zero attached hydrogens (tertiary/aromatic N) is 2. The maximum Gasteiger partial charge on any atom is 0.305 e. The van der Waals surface area contributed by atoms with E-state index in [0.717, 1.165) is 0 Å². The number of amides is 2. The van der Waals surface area contributed by atoms with Gasteiger partial charge in [0, 0.05) is 12.4 Å². The highest BCUT2D eigenvalue weighted by atomic mass is 16.3. The first kappa shape index (κ1) is 10.8. The number of carbonyl (C=O) groups excluding carboxylic acids is 2. The molecule has 0 aliphatic carbocycles. The molecule has 0 spiro atoms. The van der Waals surface area contributed by atoms with Crippen molar-refractivity contribution in [3.05, 3.63) is 48.4 Å². The van der Waals surface area contributed by atoms with Crippen molar-refractivity contribution in [1.29, 1.82) is 0 Å². The summed E-state index contributed by atoms with van der Waals surface area (Å²) in [4.78, 5) is 30.3. The molecule has 2 rings (SSSR count). The fraction of sp³-hybridized carbons (Fsp3) is 0. The van der Waals surface area contributed by atoms with Crippen molar-refractivity contribution in [2.45, 2.75) is 0 Å². The molecule has 7 heteroatoms. The van der Waals surface area contributed by atoms with Crippen molar-refractivity contribution in [1.82, 2.24) is 20.8 Å². The summed E-state index contributed by atoms with van der Waals surface area (Å²) in [6, 6.07) is 3.04. The number of hydrogen-bond donors (Lipinski definition) is 2. The van der Waals surface area contributed by atoms with Crippen LogP contribution in [-0.2, 0) is 0 Å². The lowest BCUT2D eigenvalue weighted by Crippen LogP contribution is -2.41. The molecule has 0 unspecified atom stereocenters. The third kappa shape index (κ3) is 2.65. The predicted molar refractivity (Wildman–Crippen MR) is 55.7 cm³/mol. The van der Waals surface area contributed by atoms with Gasteiger partial charge >= 0.3 is 5.91 Å². The van der Waals surface area contributed by atoms with E-state index in [-0.39, 0.29) is 11.5 Å². The predicted octanol–water partition coefficient (Wildman–Crippen LogP) is 0.144. The number of rotatable bonds is 2. The summed E-state index contributed by atoms with van der Waals surface area (Å²) in [6.45, 7) is 0. The van der Waals surface area contributed by atoms with Crippen LogP contribution in [0, 0.1) is 0 Å². The molecular formula is C10H8N4O3. The van der Waals surface area contributed by atoms with Crippen LogP contribution in [0.4, 0.5) is 0 Å². The molecule has 0 aliphatic heterocycles. The van der Waals surface area contributed by atoms with Crippen LogP contribution in [0.3, 0.4) is 0 Å². The van der Waals surface area contributed by atoms with Crippen LogP contribution in [0.2, 0.25) is 0 Å². The van der Waals surface area contributed by atoms with Crippen LogP contribution in [-0.4, -0.2) is 21.8 Å². The molecule has 0 atom stereocenters. The number of hydrogen-bond acceptors (Lipinski definition) is 5. The largest absolute Gasteiger partial charge is 0.459 e. The van der Waals surface area contributed by atoms with Gasteiger partial charge in [-0.15, -0.1) is 0 Å². The van der Waals surface area contributed by atoms with E-state index in [1.54, 1.807) is 6.07 Å². The maximum absolute atomic E-state index is 11.5. The fourth-order valence-electron chi connectivity index (χ4n) is 1.06. The summed E-state index contributed by atoms with van der Waals surface area (Å²) in [7, 11) is 0. The number of furan rings is 1. The molecule has 2 aromatic rings. The fourth-order valence-corrected chi connectivity index (χ4v) is 1.06. The highest BCUT2D eigenvalue weighted by Crippen LogP contribution is 1.98. The molecule has 2 heterocycles. The van der Waals surface area contributed by atoms with Crippen molar-refractivity contribution < 1.29 is 14.0 Å². The van der Waals surface area contributed by atoms with Gasteiger partial charge in [0.05, 0.1) is 12.5 Å². The van der Waals surface area contributed by atoms with Crippen molar-refractivity contribution in [3.63, 3.8) is 0 Å². The Morgan fingerprint density at radius 2 is 2.00 bits per heavy atom.